The zero-order valence-corrected chi connectivity index (χ0v) is 11.0. The Bertz CT molecular complexity index is 468. The standard InChI is InChI=1S/C14H19NO3/c1-14(2,13(16)17)7-9-8-15-10-5-4-6-11(18-3)12(9)10/h4-6,9,15H,7-8H2,1-3H3,(H,16,17). The second kappa shape index (κ2) is 4.52. The molecule has 2 N–H and O–H groups in total. The third-order valence-corrected chi connectivity index (χ3v) is 3.57. The van der Waals surface area contributed by atoms with Gasteiger partial charge in [0.1, 0.15) is 5.75 Å². The number of hydrogen-bond donors (Lipinski definition) is 2. The van der Waals surface area contributed by atoms with E-state index in [4.69, 9.17) is 4.74 Å². The lowest BCUT2D eigenvalue weighted by Gasteiger charge is -2.23. The molecule has 1 unspecified atom stereocenters. The maximum atomic E-state index is 11.2. The fourth-order valence-electron chi connectivity index (χ4n) is 2.51. The Morgan fingerprint density at radius 3 is 2.89 bits per heavy atom. The van der Waals surface area contributed by atoms with Crippen LogP contribution in [0.25, 0.3) is 0 Å². The largest absolute Gasteiger partial charge is 0.496 e. The zero-order valence-electron chi connectivity index (χ0n) is 11.0. The van der Waals surface area contributed by atoms with Crippen molar-refractivity contribution in [3.63, 3.8) is 0 Å². The van der Waals surface area contributed by atoms with E-state index in [2.05, 4.69) is 5.32 Å². The highest BCUT2D eigenvalue weighted by Gasteiger charge is 2.35. The third kappa shape index (κ3) is 2.15. The molecule has 0 radical (unpaired) electrons. The van der Waals surface area contributed by atoms with Crippen molar-refractivity contribution in [1.82, 2.24) is 0 Å². The van der Waals surface area contributed by atoms with Crippen molar-refractivity contribution in [2.75, 3.05) is 19.0 Å². The quantitative estimate of drug-likeness (QED) is 0.861. The van der Waals surface area contributed by atoms with Crippen LogP contribution in [0.4, 0.5) is 5.69 Å². The predicted octanol–water partition coefficient (Wildman–Crippen LogP) is 2.71. The van der Waals surface area contributed by atoms with Gasteiger partial charge in [-0.3, -0.25) is 4.79 Å². The summed E-state index contributed by atoms with van der Waals surface area (Å²) in [6, 6.07) is 5.87. The Kier molecular flexibility index (Phi) is 3.20. The molecule has 0 aliphatic carbocycles. The molecule has 4 heteroatoms. The Hall–Kier alpha value is -1.71. The lowest BCUT2D eigenvalue weighted by Crippen LogP contribution is -2.26. The van der Waals surface area contributed by atoms with Crippen LogP contribution in [0, 0.1) is 5.41 Å². The summed E-state index contributed by atoms with van der Waals surface area (Å²) in [6.07, 6.45) is 0.600. The summed E-state index contributed by atoms with van der Waals surface area (Å²) in [4.78, 5) is 11.2. The lowest BCUT2D eigenvalue weighted by atomic mass is 9.80. The van der Waals surface area contributed by atoms with Crippen LogP contribution in [-0.4, -0.2) is 24.7 Å². The molecule has 2 rings (SSSR count). The average Bonchev–Trinajstić information content (AvgIpc) is 2.71. The van der Waals surface area contributed by atoms with Crippen LogP contribution in [0.5, 0.6) is 5.75 Å². The number of ether oxygens (including phenoxy) is 1. The van der Waals surface area contributed by atoms with Gasteiger partial charge in [-0.1, -0.05) is 6.07 Å². The molecule has 98 valence electrons. The van der Waals surface area contributed by atoms with Gasteiger partial charge in [-0.05, 0) is 32.4 Å². The Labute approximate surface area is 107 Å². The van der Waals surface area contributed by atoms with E-state index in [1.807, 2.05) is 18.2 Å². The van der Waals surface area contributed by atoms with Gasteiger partial charge in [0.05, 0.1) is 12.5 Å². The van der Waals surface area contributed by atoms with E-state index in [-0.39, 0.29) is 5.92 Å². The summed E-state index contributed by atoms with van der Waals surface area (Å²) in [7, 11) is 1.65. The predicted molar refractivity (Wildman–Crippen MR) is 70.3 cm³/mol. The van der Waals surface area contributed by atoms with Gasteiger partial charge in [0.2, 0.25) is 0 Å². The molecule has 0 bridgehead atoms. The molecule has 18 heavy (non-hydrogen) atoms. The fourth-order valence-corrected chi connectivity index (χ4v) is 2.51. The SMILES string of the molecule is COc1cccc2c1C(CC(C)(C)C(=O)O)CN2. The van der Waals surface area contributed by atoms with Crippen LogP contribution < -0.4 is 10.1 Å². The molecule has 0 spiro atoms. The van der Waals surface area contributed by atoms with E-state index < -0.39 is 11.4 Å². The third-order valence-electron chi connectivity index (χ3n) is 3.57. The first-order valence-corrected chi connectivity index (χ1v) is 6.10. The highest BCUT2D eigenvalue weighted by atomic mass is 16.5. The molecule has 4 nitrogen and oxygen atoms in total. The first-order valence-electron chi connectivity index (χ1n) is 6.10. The molecule has 1 aliphatic heterocycles. The number of benzene rings is 1. The number of hydrogen-bond acceptors (Lipinski definition) is 3. The van der Waals surface area contributed by atoms with Gasteiger partial charge < -0.3 is 15.2 Å². The Morgan fingerprint density at radius 1 is 1.56 bits per heavy atom. The van der Waals surface area contributed by atoms with E-state index in [9.17, 15) is 9.90 Å². The molecule has 1 aliphatic rings. The number of anilines is 1. The molecule has 1 aromatic carbocycles. The van der Waals surface area contributed by atoms with Crippen LogP contribution >= 0.6 is 0 Å². The van der Waals surface area contributed by atoms with Crippen molar-refractivity contribution in [3.05, 3.63) is 23.8 Å². The molecular formula is C14H19NO3. The van der Waals surface area contributed by atoms with E-state index in [1.54, 1.807) is 21.0 Å². The summed E-state index contributed by atoms with van der Waals surface area (Å²) in [5, 5.41) is 12.5. The Balaban J connectivity index is 2.29. The second-order valence-corrected chi connectivity index (χ2v) is 5.39. The molecule has 0 fully saturated rings. The number of carboxylic acid groups (broad SMARTS) is 1. The number of aliphatic carboxylic acids is 1. The molecule has 0 saturated carbocycles. The van der Waals surface area contributed by atoms with Crippen LogP contribution in [0.1, 0.15) is 31.7 Å². The topological polar surface area (TPSA) is 58.6 Å². The maximum Gasteiger partial charge on any atom is 0.309 e. The molecule has 1 aromatic rings. The number of fused-ring (bicyclic) bond motifs is 1. The zero-order chi connectivity index (χ0) is 13.3. The Morgan fingerprint density at radius 2 is 2.28 bits per heavy atom. The van der Waals surface area contributed by atoms with E-state index >= 15 is 0 Å². The van der Waals surface area contributed by atoms with Gasteiger partial charge >= 0.3 is 5.97 Å². The van der Waals surface area contributed by atoms with E-state index in [0.717, 1.165) is 23.5 Å². The minimum atomic E-state index is -0.758. The van der Waals surface area contributed by atoms with E-state index in [1.165, 1.54) is 0 Å². The summed E-state index contributed by atoms with van der Waals surface area (Å²) in [5.74, 6) is 0.261. The van der Waals surface area contributed by atoms with Gasteiger partial charge in [0.25, 0.3) is 0 Å². The number of nitrogens with one attached hydrogen (secondary N) is 1. The van der Waals surface area contributed by atoms with Crippen LogP contribution in [-0.2, 0) is 4.79 Å². The number of rotatable bonds is 4. The second-order valence-electron chi connectivity index (χ2n) is 5.39. The van der Waals surface area contributed by atoms with Crippen LogP contribution in [0.15, 0.2) is 18.2 Å². The highest BCUT2D eigenvalue weighted by molar-refractivity contribution is 5.74. The van der Waals surface area contributed by atoms with E-state index in [0.29, 0.717) is 6.42 Å². The van der Waals surface area contributed by atoms with Gasteiger partial charge in [0.15, 0.2) is 0 Å². The summed E-state index contributed by atoms with van der Waals surface area (Å²) < 4.78 is 5.37. The van der Waals surface area contributed by atoms with Crippen LogP contribution in [0.3, 0.4) is 0 Å². The van der Waals surface area contributed by atoms with Crippen molar-refractivity contribution in [2.45, 2.75) is 26.2 Å². The van der Waals surface area contributed by atoms with Crippen molar-refractivity contribution in [2.24, 2.45) is 5.41 Å². The van der Waals surface area contributed by atoms with Crippen molar-refractivity contribution < 1.29 is 14.6 Å². The normalized spacial score (nSPS) is 18.1. The maximum absolute atomic E-state index is 11.2. The van der Waals surface area contributed by atoms with Crippen molar-refractivity contribution in [1.29, 1.82) is 0 Å². The molecule has 0 saturated heterocycles. The monoisotopic (exact) mass is 249 g/mol. The van der Waals surface area contributed by atoms with Crippen molar-refractivity contribution in [3.8, 4) is 5.75 Å². The minimum absolute atomic E-state index is 0.183. The molecule has 1 heterocycles. The van der Waals surface area contributed by atoms with Gasteiger partial charge in [-0.25, -0.2) is 0 Å². The van der Waals surface area contributed by atoms with Gasteiger partial charge in [-0.2, -0.15) is 0 Å². The van der Waals surface area contributed by atoms with Gasteiger partial charge in [-0.15, -0.1) is 0 Å². The lowest BCUT2D eigenvalue weighted by molar-refractivity contribution is -0.147. The molecule has 0 aromatic heterocycles. The molecular weight excluding hydrogens is 230 g/mol. The van der Waals surface area contributed by atoms with Crippen LogP contribution in [0.2, 0.25) is 0 Å². The summed E-state index contributed by atoms with van der Waals surface area (Å²) in [6.45, 7) is 4.30. The average molecular weight is 249 g/mol. The first-order chi connectivity index (χ1) is 8.45. The number of methoxy groups -OCH3 is 1. The smallest absolute Gasteiger partial charge is 0.309 e. The minimum Gasteiger partial charge on any atom is -0.496 e. The fraction of sp³-hybridized carbons (Fsp3) is 0.500. The van der Waals surface area contributed by atoms with Crippen molar-refractivity contribution >= 4 is 11.7 Å². The summed E-state index contributed by atoms with van der Waals surface area (Å²) >= 11 is 0. The van der Waals surface area contributed by atoms with Gasteiger partial charge in [0, 0.05) is 23.7 Å². The first kappa shape index (κ1) is 12.7. The number of carboxylic acids is 1. The number of carbonyl (C=O) groups is 1. The molecule has 0 amide bonds. The highest BCUT2D eigenvalue weighted by Crippen LogP contribution is 2.43. The molecule has 1 atom stereocenters. The summed E-state index contributed by atoms with van der Waals surface area (Å²) in [5.41, 5.74) is 1.43.